The molecule has 1 aromatic rings. The first-order valence-corrected chi connectivity index (χ1v) is 11.9. The predicted octanol–water partition coefficient (Wildman–Crippen LogP) is 7.38. The zero-order valence-electron chi connectivity index (χ0n) is 20.2. The van der Waals surface area contributed by atoms with Crippen molar-refractivity contribution in [1.82, 2.24) is 10.6 Å². The molecule has 4 heteroatoms. The van der Waals surface area contributed by atoms with Crippen LogP contribution in [0.15, 0.2) is 71.4 Å². The molecule has 0 unspecified atom stereocenters. The Morgan fingerprint density at radius 3 is 2.52 bits per heavy atom. The molecule has 1 aliphatic carbocycles. The summed E-state index contributed by atoms with van der Waals surface area (Å²) in [6.07, 6.45) is 9.92. The molecule has 0 radical (unpaired) electrons. The molecule has 1 amide bonds. The number of halogens is 1. The van der Waals surface area contributed by atoms with Crippen LogP contribution in [0, 0.1) is 5.92 Å². The second-order valence-electron chi connectivity index (χ2n) is 7.45. The van der Waals surface area contributed by atoms with Gasteiger partial charge in [-0.05, 0) is 50.7 Å². The molecule has 31 heavy (non-hydrogen) atoms. The monoisotopic (exact) mass is 488 g/mol. The first-order chi connectivity index (χ1) is 14.8. The van der Waals surface area contributed by atoms with E-state index in [0.717, 1.165) is 29.4 Å². The topological polar surface area (TPSA) is 41.1 Å². The van der Waals surface area contributed by atoms with Crippen molar-refractivity contribution in [1.29, 1.82) is 0 Å². The number of fused-ring (bicyclic) bond motifs is 1. The van der Waals surface area contributed by atoms with E-state index in [1.165, 1.54) is 16.7 Å². The summed E-state index contributed by atoms with van der Waals surface area (Å²) in [7, 11) is 1.83. The summed E-state index contributed by atoms with van der Waals surface area (Å²) in [6, 6.07) is 8.53. The number of hydrogen-bond acceptors (Lipinski definition) is 2. The molecule has 2 N–H and O–H groups in total. The summed E-state index contributed by atoms with van der Waals surface area (Å²) in [5, 5.41) is 6.14. The summed E-state index contributed by atoms with van der Waals surface area (Å²) >= 11 is 3.25. The molecule has 0 saturated carbocycles. The molecule has 2 rings (SSSR count). The van der Waals surface area contributed by atoms with Gasteiger partial charge < -0.3 is 10.6 Å². The lowest BCUT2D eigenvalue weighted by Gasteiger charge is -2.18. The van der Waals surface area contributed by atoms with Crippen LogP contribution in [0.4, 0.5) is 0 Å². The zero-order valence-corrected chi connectivity index (χ0v) is 21.8. The van der Waals surface area contributed by atoms with Crippen LogP contribution >= 0.6 is 15.9 Å². The number of carbonyl (C=O) groups is 1. The Kier molecular flexibility index (Phi) is 15.5. The van der Waals surface area contributed by atoms with Gasteiger partial charge in [-0.15, -0.1) is 0 Å². The zero-order chi connectivity index (χ0) is 23.8. The third-order valence-corrected chi connectivity index (χ3v) is 5.30. The molecule has 0 saturated heterocycles. The van der Waals surface area contributed by atoms with Crippen molar-refractivity contribution in [3.63, 3.8) is 0 Å². The van der Waals surface area contributed by atoms with Crippen molar-refractivity contribution in [3.05, 3.63) is 82.5 Å². The summed E-state index contributed by atoms with van der Waals surface area (Å²) in [6.45, 7) is 17.7. The predicted molar refractivity (Wildman–Crippen MR) is 140 cm³/mol. The second-order valence-corrected chi connectivity index (χ2v) is 8.46. The van der Waals surface area contributed by atoms with Crippen LogP contribution < -0.4 is 10.6 Å². The fourth-order valence-corrected chi connectivity index (χ4v) is 3.26. The van der Waals surface area contributed by atoms with Crippen molar-refractivity contribution in [2.75, 3.05) is 7.05 Å². The average molecular weight is 490 g/mol. The minimum atomic E-state index is -0.0484. The van der Waals surface area contributed by atoms with E-state index >= 15 is 0 Å². The number of nitrogens with one attached hydrogen (secondary N) is 2. The van der Waals surface area contributed by atoms with Crippen LogP contribution in [0.3, 0.4) is 0 Å². The van der Waals surface area contributed by atoms with Crippen LogP contribution in [-0.4, -0.2) is 13.0 Å². The Bertz CT molecular complexity index is 764. The van der Waals surface area contributed by atoms with Crippen molar-refractivity contribution in [3.8, 4) is 0 Å². The standard InChI is InChI=1S/C16H22N2O.C9H13Br.C2H6/c1-11(10-12(2)17-3)16(19)18-15-9-8-13-6-4-5-7-14(13)15;1-4-8(2)6-5-7-9(3)10;1-2/h4-7,11,15,17H,2,8-10H2,1,3H3,(H,18,19);4-5,7H,3,6H2,1-2H3;1-2H3/b;7-5?,8-4-;/t11-,15+;;/m1../s1. The first kappa shape index (κ1) is 28.9. The third-order valence-electron chi connectivity index (χ3n) is 5.03. The Hall–Kier alpha value is -2.07. The molecule has 0 heterocycles. The highest BCUT2D eigenvalue weighted by molar-refractivity contribution is 9.11. The van der Waals surface area contributed by atoms with Crippen LogP contribution in [0.5, 0.6) is 0 Å². The normalized spacial score (nSPS) is 15.6. The van der Waals surface area contributed by atoms with Crippen molar-refractivity contribution >= 4 is 21.8 Å². The maximum absolute atomic E-state index is 12.2. The summed E-state index contributed by atoms with van der Waals surface area (Å²) in [4.78, 5) is 12.2. The van der Waals surface area contributed by atoms with Gasteiger partial charge in [-0.25, -0.2) is 0 Å². The van der Waals surface area contributed by atoms with Crippen molar-refractivity contribution in [2.45, 2.75) is 66.3 Å². The molecule has 2 atom stereocenters. The Morgan fingerprint density at radius 2 is 1.94 bits per heavy atom. The molecule has 0 aromatic heterocycles. The number of benzene rings is 1. The molecule has 0 fully saturated rings. The average Bonchev–Trinajstić information content (AvgIpc) is 3.17. The van der Waals surface area contributed by atoms with Gasteiger partial charge >= 0.3 is 0 Å². The molecule has 172 valence electrons. The second kappa shape index (κ2) is 16.6. The lowest BCUT2D eigenvalue weighted by Crippen LogP contribution is -2.32. The van der Waals surface area contributed by atoms with Crippen LogP contribution in [-0.2, 0) is 11.2 Å². The fourth-order valence-electron chi connectivity index (χ4n) is 3.08. The molecule has 1 aromatic carbocycles. The van der Waals surface area contributed by atoms with Crippen molar-refractivity contribution < 1.29 is 4.79 Å². The van der Waals surface area contributed by atoms with Crippen molar-refractivity contribution in [2.24, 2.45) is 5.92 Å². The Balaban J connectivity index is 0.000000639. The van der Waals surface area contributed by atoms with E-state index in [2.05, 4.69) is 77.0 Å². The Morgan fingerprint density at radius 1 is 1.29 bits per heavy atom. The van der Waals surface area contributed by atoms with Gasteiger partial charge in [-0.1, -0.05) is 97.9 Å². The highest BCUT2D eigenvalue weighted by Crippen LogP contribution is 2.31. The van der Waals surface area contributed by atoms with Gasteiger partial charge in [-0.2, -0.15) is 0 Å². The highest BCUT2D eigenvalue weighted by atomic mass is 79.9. The summed E-state index contributed by atoms with van der Waals surface area (Å²) in [5.74, 6) is 0.0609. The number of aryl methyl sites for hydroxylation is 1. The van der Waals surface area contributed by atoms with Gasteiger partial charge in [-0.3, -0.25) is 4.79 Å². The molecular weight excluding hydrogens is 448 g/mol. The smallest absolute Gasteiger partial charge is 0.223 e. The minimum absolute atomic E-state index is 0.0484. The van der Waals surface area contributed by atoms with Gasteiger partial charge in [0.15, 0.2) is 0 Å². The quantitative estimate of drug-likeness (QED) is 0.295. The number of amides is 1. The lowest BCUT2D eigenvalue weighted by atomic mass is 10.0. The van der Waals surface area contributed by atoms with Gasteiger partial charge in [0.1, 0.15) is 0 Å². The van der Waals surface area contributed by atoms with Crippen LogP contribution in [0.1, 0.15) is 71.0 Å². The number of hydrogen-bond donors (Lipinski definition) is 2. The van der Waals surface area contributed by atoms with E-state index in [9.17, 15) is 4.79 Å². The van der Waals surface area contributed by atoms with Gasteiger partial charge in [0, 0.05) is 23.1 Å². The molecule has 3 nitrogen and oxygen atoms in total. The van der Waals surface area contributed by atoms with E-state index in [4.69, 9.17) is 0 Å². The van der Waals surface area contributed by atoms with E-state index < -0.39 is 0 Å². The molecule has 0 aliphatic heterocycles. The van der Waals surface area contributed by atoms with Gasteiger partial charge in [0.25, 0.3) is 0 Å². The van der Waals surface area contributed by atoms with E-state index in [0.29, 0.717) is 6.42 Å². The summed E-state index contributed by atoms with van der Waals surface area (Å²) in [5.41, 5.74) is 4.91. The van der Waals surface area contributed by atoms with Gasteiger partial charge in [0.2, 0.25) is 5.91 Å². The third kappa shape index (κ3) is 11.8. The number of rotatable bonds is 8. The highest BCUT2D eigenvalue weighted by Gasteiger charge is 2.25. The molecular formula is C27H41BrN2O. The first-order valence-electron chi connectivity index (χ1n) is 11.1. The molecule has 0 bridgehead atoms. The van der Waals surface area contributed by atoms with E-state index in [-0.39, 0.29) is 17.9 Å². The minimum Gasteiger partial charge on any atom is -0.392 e. The van der Waals surface area contributed by atoms with E-state index in [1.54, 1.807) is 0 Å². The number of carbonyl (C=O) groups excluding carboxylic acids is 1. The number of allylic oxidation sites excluding steroid dienone is 6. The van der Waals surface area contributed by atoms with Crippen LogP contribution in [0.25, 0.3) is 0 Å². The molecule has 1 aliphatic rings. The van der Waals surface area contributed by atoms with Gasteiger partial charge in [0.05, 0.1) is 6.04 Å². The summed E-state index contributed by atoms with van der Waals surface area (Å²) < 4.78 is 0.927. The largest absolute Gasteiger partial charge is 0.392 e. The fraction of sp³-hybridized carbons (Fsp3) is 0.444. The maximum Gasteiger partial charge on any atom is 0.223 e. The lowest BCUT2D eigenvalue weighted by molar-refractivity contribution is -0.125. The maximum atomic E-state index is 12.2. The molecule has 0 spiro atoms. The SMILES string of the molecule is C=C(Br)C=CC/C(C)=C\C.C=C(C[C@@H](C)C(=O)N[C@H]1CCc2ccccc21)NC.CC. The Labute approximate surface area is 198 Å². The van der Waals surface area contributed by atoms with Crippen LogP contribution in [0.2, 0.25) is 0 Å². The van der Waals surface area contributed by atoms with E-state index in [1.807, 2.05) is 46.9 Å².